The molecule has 1 aliphatic rings. The van der Waals surface area contributed by atoms with Gasteiger partial charge in [0.1, 0.15) is 17.8 Å². The average molecular weight is 564 g/mol. The van der Waals surface area contributed by atoms with E-state index in [4.69, 9.17) is 0 Å². The fraction of sp³-hybridized carbons (Fsp3) is 0.333. The number of pyridine rings is 2. The van der Waals surface area contributed by atoms with Gasteiger partial charge in [0.05, 0.1) is 30.3 Å². The third-order valence-corrected chi connectivity index (χ3v) is 6.92. The molecule has 0 radical (unpaired) electrons. The molecular weight excluding hydrogens is 540 g/mol. The van der Waals surface area contributed by atoms with Crippen molar-refractivity contribution in [3.63, 3.8) is 0 Å². The highest BCUT2D eigenvalue weighted by Crippen LogP contribution is 2.46. The average Bonchev–Trinajstić information content (AvgIpc) is 3.34. The third-order valence-electron chi connectivity index (χ3n) is 6.92. The van der Waals surface area contributed by atoms with Crippen LogP contribution in [-0.2, 0) is 23.7 Å². The van der Waals surface area contributed by atoms with Crippen molar-refractivity contribution in [2.45, 2.75) is 37.7 Å². The number of amides is 1. The number of alkyl halides is 6. The number of imidazole rings is 1. The number of likely N-dealkylation sites (tertiary alicyclic amines) is 1. The van der Waals surface area contributed by atoms with Gasteiger partial charge >= 0.3 is 12.4 Å². The van der Waals surface area contributed by atoms with E-state index in [2.05, 4.69) is 19.7 Å². The van der Waals surface area contributed by atoms with Crippen molar-refractivity contribution in [3.05, 3.63) is 71.8 Å². The molecule has 1 aliphatic heterocycles. The summed E-state index contributed by atoms with van der Waals surface area (Å²) in [4.78, 5) is 27.6. The van der Waals surface area contributed by atoms with Gasteiger partial charge < -0.3 is 14.2 Å². The number of rotatable bonds is 5. The Bertz CT molecular complexity index is 1510. The van der Waals surface area contributed by atoms with Crippen molar-refractivity contribution in [2.75, 3.05) is 20.2 Å². The zero-order chi connectivity index (χ0) is 28.7. The Balaban J connectivity index is 1.34. The molecule has 7 nitrogen and oxygen atoms in total. The number of methoxy groups -OCH3 is 1. The Hall–Kier alpha value is -4.16. The van der Waals surface area contributed by atoms with Crippen LogP contribution in [0.4, 0.5) is 26.3 Å². The molecule has 1 saturated heterocycles. The molecule has 0 unspecified atom stereocenters. The molecule has 40 heavy (non-hydrogen) atoms. The highest BCUT2D eigenvalue weighted by atomic mass is 19.4. The van der Waals surface area contributed by atoms with Crippen LogP contribution >= 0.6 is 0 Å². The van der Waals surface area contributed by atoms with Gasteiger partial charge in [-0.2, -0.15) is 26.3 Å². The minimum absolute atomic E-state index is 0.0193. The molecule has 1 fully saturated rings. The summed E-state index contributed by atoms with van der Waals surface area (Å²) in [6.07, 6.45) is -5.89. The Labute approximate surface area is 224 Å². The van der Waals surface area contributed by atoms with E-state index in [1.165, 1.54) is 6.07 Å². The van der Waals surface area contributed by atoms with Crippen LogP contribution in [0.15, 0.2) is 55.0 Å². The van der Waals surface area contributed by atoms with Crippen LogP contribution in [0.1, 0.15) is 35.6 Å². The van der Waals surface area contributed by atoms with Gasteiger partial charge in [0, 0.05) is 36.5 Å². The number of aromatic nitrogens is 4. The van der Waals surface area contributed by atoms with Crippen molar-refractivity contribution in [1.29, 1.82) is 0 Å². The van der Waals surface area contributed by atoms with E-state index < -0.39 is 29.2 Å². The number of carbonyl (C=O) groups excluding carboxylic acids is 1. The van der Waals surface area contributed by atoms with Crippen LogP contribution in [0.25, 0.3) is 22.4 Å². The van der Waals surface area contributed by atoms with E-state index in [0.717, 1.165) is 7.11 Å². The summed E-state index contributed by atoms with van der Waals surface area (Å²) >= 11 is 0. The van der Waals surface area contributed by atoms with E-state index in [-0.39, 0.29) is 29.6 Å². The molecule has 0 spiro atoms. The predicted octanol–water partition coefficient (Wildman–Crippen LogP) is 5.95. The Kier molecular flexibility index (Phi) is 7.15. The van der Waals surface area contributed by atoms with Gasteiger partial charge in [-0.3, -0.25) is 9.78 Å². The Morgan fingerprint density at radius 1 is 0.975 bits per heavy atom. The van der Waals surface area contributed by atoms with Crippen molar-refractivity contribution < 1.29 is 35.9 Å². The number of nitrogens with zero attached hydrogens (tertiary/aromatic N) is 5. The summed E-state index contributed by atoms with van der Waals surface area (Å²) in [6.45, 7) is 0.926. The lowest BCUT2D eigenvalue weighted by molar-refractivity contribution is -0.145. The van der Waals surface area contributed by atoms with E-state index in [1.54, 1.807) is 46.3 Å². The van der Waals surface area contributed by atoms with Crippen LogP contribution in [0, 0.1) is 0 Å². The summed E-state index contributed by atoms with van der Waals surface area (Å²) in [5.41, 5.74) is -1.58. The molecule has 0 bridgehead atoms. The minimum Gasteiger partial charge on any atom is -0.495 e. The summed E-state index contributed by atoms with van der Waals surface area (Å²) in [7, 11) is 0.768. The molecule has 0 aliphatic carbocycles. The second-order valence-corrected chi connectivity index (χ2v) is 9.42. The third kappa shape index (κ3) is 5.45. The lowest BCUT2D eigenvalue weighted by Crippen LogP contribution is -2.39. The molecule has 3 aromatic heterocycles. The number of benzene rings is 1. The standard InChI is InChI=1S/C27H23F6N5O2/c1-40-24-18(26(28,29)30)12-17(13-19(24)27(31,32)33)21-5-2-4-20(36-21)16-7-10-37(11-8-16)23(39)14-38-15-35-22-6-3-9-34-25(22)38/h2-6,9,12-13,15-16H,7-8,10-11,14H2,1H3. The quantitative estimate of drug-likeness (QED) is 0.281. The summed E-state index contributed by atoms with van der Waals surface area (Å²) in [6, 6.07) is 9.41. The lowest BCUT2D eigenvalue weighted by atomic mass is 9.92. The largest absolute Gasteiger partial charge is 0.495 e. The number of halogens is 6. The molecule has 0 N–H and O–H groups in total. The van der Waals surface area contributed by atoms with Crippen LogP contribution in [-0.4, -0.2) is 50.5 Å². The number of hydrogen-bond donors (Lipinski definition) is 0. The topological polar surface area (TPSA) is 73.1 Å². The number of piperidine rings is 1. The SMILES string of the molecule is COc1c(C(F)(F)F)cc(-c2cccc(C3CCN(C(=O)Cn4cnc5cccnc54)CC3)n2)cc1C(F)(F)F. The second-order valence-electron chi connectivity index (χ2n) is 9.42. The van der Waals surface area contributed by atoms with E-state index in [1.807, 2.05) is 0 Å². The normalized spacial score (nSPS) is 15.0. The van der Waals surface area contributed by atoms with Gasteiger partial charge in [0.25, 0.3) is 0 Å². The smallest absolute Gasteiger partial charge is 0.420 e. The van der Waals surface area contributed by atoms with E-state index in [9.17, 15) is 31.1 Å². The molecule has 1 aromatic carbocycles. The number of carbonyl (C=O) groups is 1. The first-order valence-electron chi connectivity index (χ1n) is 12.3. The van der Waals surface area contributed by atoms with Crippen LogP contribution in [0.5, 0.6) is 5.75 Å². The van der Waals surface area contributed by atoms with Crippen LogP contribution in [0.2, 0.25) is 0 Å². The molecule has 5 rings (SSSR count). The monoisotopic (exact) mass is 563 g/mol. The zero-order valence-electron chi connectivity index (χ0n) is 21.1. The minimum atomic E-state index is -5.07. The van der Waals surface area contributed by atoms with Gasteiger partial charge in [-0.25, -0.2) is 9.97 Å². The molecule has 0 atom stereocenters. The van der Waals surface area contributed by atoms with E-state index in [0.29, 0.717) is 54.9 Å². The van der Waals surface area contributed by atoms with Crippen LogP contribution in [0.3, 0.4) is 0 Å². The van der Waals surface area contributed by atoms with Crippen molar-refractivity contribution in [1.82, 2.24) is 24.4 Å². The van der Waals surface area contributed by atoms with Crippen molar-refractivity contribution in [3.8, 4) is 17.0 Å². The maximum Gasteiger partial charge on any atom is 0.420 e. The highest BCUT2D eigenvalue weighted by molar-refractivity contribution is 5.79. The number of ether oxygens (including phenoxy) is 1. The summed E-state index contributed by atoms with van der Waals surface area (Å²) in [5, 5.41) is 0. The zero-order valence-corrected chi connectivity index (χ0v) is 21.1. The molecular formula is C27H23F6N5O2. The van der Waals surface area contributed by atoms with Gasteiger partial charge in [0.2, 0.25) is 5.91 Å². The van der Waals surface area contributed by atoms with E-state index >= 15 is 0 Å². The number of fused-ring (bicyclic) bond motifs is 1. The fourth-order valence-electron chi connectivity index (χ4n) is 4.94. The van der Waals surface area contributed by atoms with Gasteiger partial charge in [-0.15, -0.1) is 0 Å². The molecule has 0 saturated carbocycles. The van der Waals surface area contributed by atoms with Crippen LogP contribution < -0.4 is 4.74 Å². The first kappa shape index (κ1) is 27.4. The number of hydrogen-bond acceptors (Lipinski definition) is 5. The van der Waals surface area contributed by atoms with Crippen molar-refractivity contribution >= 4 is 17.1 Å². The van der Waals surface area contributed by atoms with Crippen molar-refractivity contribution in [2.24, 2.45) is 0 Å². The molecule has 210 valence electrons. The first-order valence-corrected chi connectivity index (χ1v) is 12.3. The highest BCUT2D eigenvalue weighted by Gasteiger charge is 2.42. The maximum atomic E-state index is 13.7. The van der Waals surface area contributed by atoms with Gasteiger partial charge in [-0.1, -0.05) is 6.07 Å². The maximum absolute atomic E-state index is 13.7. The Morgan fingerprint density at radius 2 is 1.65 bits per heavy atom. The van der Waals surface area contributed by atoms with Gasteiger partial charge in [0.15, 0.2) is 5.65 Å². The molecule has 1 amide bonds. The first-order chi connectivity index (χ1) is 19.0. The Morgan fingerprint density at radius 3 is 2.27 bits per heavy atom. The molecule has 4 aromatic rings. The fourth-order valence-corrected chi connectivity index (χ4v) is 4.94. The predicted molar refractivity (Wildman–Crippen MR) is 132 cm³/mol. The second kappa shape index (κ2) is 10.4. The lowest BCUT2D eigenvalue weighted by Gasteiger charge is -2.32. The summed E-state index contributed by atoms with van der Waals surface area (Å²) < 4.78 is 88.1. The molecule has 4 heterocycles. The molecule has 13 heteroatoms. The summed E-state index contributed by atoms with van der Waals surface area (Å²) in [5.74, 6) is -1.51. The van der Waals surface area contributed by atoms with Gasteiger partial charge in [-0.05, 0) is 49.2 Å².